The second-order valence-electron chi connectivity index (χ2n) is 7.60. The molecular weight excluding hydrogens is 507 g/mol. The maximum Gasteiger partial charge on any atom is 0.191 e. The summed E-state index contributed by atoms with van der Waals surface area (Å²) >= 11 is 2.21. The lowest BCUT2D eigenvalue weighted by atomic mass is 9.96. The van der Waals surface area contributed by atoms with E-state index < -0.39 is 0 Å². The largest absolute Gasteiger partial charge is 0.456 e. The van der Waals surface area contributed by atoms with Gasteiger partial charge in [-0.3, -0.25) is 0 Å². The number of halogens is 1. The zero-order valence-electron chi connectivity index (χ0n) is 17.0. The van der Waals surface area contributed by atoms with Gasteiger partial charge in [-0.05, 0) is 29.3 Å². The van der Waals surface area contributed by atoms with Crippen LogP contribution in [0.4, 0.5) is 0 Å². The number of hydrogen-bond donors (Lipinski definition) is 0. The Morgan fingerprint density at radius 2 is 1.19 bits per heavy atom. The summed E-state index contributed by atoms with van der Waals surface area (Å²) < 4.78 is 6.80. The summed E-state index contributed by atoms with van der Waals surface area (Å²) in [6.45, 7) is 0. The highest BCUT2D eigenvalue weighted by molar-refractivity contribution is 14.1. The normalized spacial score (nSPS) is 11.3. The molecule has 0 N–H and O–H groups in total. The highest BCUT2D eigenvalue weighted by Gasteiger charge is 2.16. The molecule has 0 saturated carbocycles. The van der Waals surface area contributed by atoms with Gasteiger partial charge in [0.05, 0.1) is 11.4 Å². The standard InChI is InChI=1S/C28H17IN2O/c29-28-30-23(20-12-5-4-11-19(20)18-9-2-1-3-10-18)17-24(31-28)21-14-8-16-26-27(21)22-13-6-7-15-25(22)32-26/h1-17H. The zero-order chi connectivity index (χ0) is 21.5. The van der Waals surface area contributed by atoms with Gasteiger partial charge in [0.1, 0.15) is 11.2 Å². The molecule has 0 spiro atoms. The van der Waals surface area contributed by atoms with E-state index in [4.69, 9.17) is 14.4 Å². The first-order chi connectivity index (χ1) is 15.8. The molecule has 0 aliphatic carbocycles. The second-order valence-corrected chi connectivity index (χ2v) is 8.56. The van der Waals surface area contributed by atoms with Gasteiger partial charge in [0, 0.05) is 44.5 Å². The molecule has 0 unspecified atom stereocenters. The van der Waals surface area contributed by atoms with Crippen LogP contribution in [0.2, 0.25) is 0 Å². The zero-order valence-corrected chi connectivity index (χ0v) is 19.2. The topological polar surface area (TPSA) is 38.9 Å². The molecule has 0 amide bonds. The highest BCUT2D eigenvalue weighted by Crippen LogP contribution is 2.38. The Morgan fingerprint density at radius 1 is 0.562 bits per heavy atom. The third kappa shape index (κ3) is 3.28. The van der Waals surface area contributed by atoms with E-state index in [0.29, 0.717) is 3.83 Å². The summed E-state index contributed by atoms with van der Waals surface area (Å²) in [5.74, 6) is 0. The van der Waals surface area contributed by atoms with Gasteiger partial charge in [0.15, 0.2) is 3.83 Å². The Balaban J connectivity index is 1.59. The Bertz CT molecular complexity index is 1590. The first-order valence-corrected chi connectivity index (χ1v) is 11.5. The quantitative estimate of drug-likeness (QED) is 0.174. The summed E-state index contributed by atoms with van der Waals surface area (Å²) in [6, 6.07) is 35.2. The van der Waals surface area contributed by atoms with E-state index in [1.807, 2.05) is 36.4 Å². The molecule has 4 heteroatoms. The van der Waals surface area contributed by atoms with Gasteiger partial charge in [-0.1, -0.05) is 84.9 Å². The van der Waals surface area contributed by atoms with Crippen LogP contribution < -0.4 is 0 Å². The van der Waals surface area contributed by atoms with E-state index in [-0.39, 0.29) is 0 Å². The number of nitrogens with zero attached hydrogens (tertiary/aromatic N) is 2. The van der Waals surface area contributed by atoms with Crippen LogP contribution in [-0.2, 0) is 0 Å². The Kier molecular flexibility index (Phi) is 4.72. The van der Waals surface area contributed by atoms with Gasteiger partial charge < -0.3 is 4.42 Å². The maximum absolute atomic E-state index is 6.09. The van der Waals surface area contributed by atoms with E-state index in [1.54, 1.807) is 0 Å². The first kappa shape index (κ1) is 19.2. The number of hydrogen-bond acceptors (Lipinski definition) is 3. The van der Waals surface area contributed by atoms with Crippen LogP contribution in [-0.4, -0.2) is 9.97 Å². The van der Waals surface area contributed by atoms with Gasteiger partial charge in [-0.2, -0.15) is 0 Å². The molecule has 4 aromatic carbocycles. The summed E-state index contributed by atoms with van der Waals surface area (Å²) in [4.78, 5) is 9.60. The summed E-state index contributed by atoms with van der Waals surface area (Å²) in [6.07, 6.45) is 0. The van der Waals surface area contributed by atoms with E-state index in [9.17, 15) is 0 Å². The van der Waals surface area contributed by atoms with Crippen molar-refractivity contribution in [3.8, 4) is 33.6 Å². The van der Waals surface area contributed by atoms with Gasteiger partial charge in [-0.15, -0.1) is 0 Å². The van der Waals surface area contributed by atoms with E-state index >= 15 is 0 Å². The van der Waals surface area contributed by atoms with Crippen molar-refractivity contribution in [2.24, 2.45) is 0 Å². The third-order valence-corrected chi connectivity index (χ3v) is 6.15. The SMILES string of the molecule is Ic1nc(-c2ccccc2-c2ccccc2)cc(-c2cccc3oc4ccccc4c23)n1. The highest BCUT2D eigenvalue weighted by atomic mass is 127. The number of fused-ring (bicyclic) bond motifs is 3. The second kappa shape index (κ2) is 7.88. The molecule has 0 fully saturated rings. The monoisotopic (exact) mass is 524 g/mol. The fraction of sp³-hybridized carbons (Fsp3) is 0. The number of furan rings is 1. The average molecular weight is 524 g/mol. The van der Waals surface area contributed by atoms with Crippen LogP contribution in [0.5, 0.6) is 0 Å². The molecule has 6 aromatic rings. The number of rotatable bonds is 3. The van der Waals surface area contributed by atoms with Crippen LogP contribution in [0, 0.1) is 3.83 Å². The van der Waals surface area contributed by atoms with E-state index in [1.165, 1.54) is 5.56 Å². The molecule has 0 atom stereocenters. The smallest absolute Gasteiger partial charge is 0.191 e. The summed E-state index contributed by atoms with van der Waals surface area (Å²) in [5, 5.41) is 2.18. The van der Waals surface area contributed by atoms with E-state index in [0.717, 1.165) is 50.0 Å². The van der Waals surface area contributed by atoms with Crippen LogP contribution in [0.1, 0.15) is 0 Å². The van der Waals surface area contributed by atoms with Crippen molar-refractivity contribution in [3.05, 3.63) is 107 Å². The Hall–Kier alpha value is -3.51. The van der Waals surface area contributed by atoms with Crippen molar-refractivity contribution in [3.63, 3.8) is 0 Å². The van der Waals surface area contributed by atoms with Gasteiger partial charge in [0.25, 0.3) is 0 Å². The average Bonchev–Trinajstić information content (AvgIpc) is 3.23. The molecule has 0 saturated heterocycles. The number of para-hydroxylation sites is 1. The number of aromatic nitrogens is 2. The Morgan fingerprint density at radius 3 is 2.03 bits per heavy atom. The molecule has 2 heterocycles. The van der Waals surface area contributed by atoms with E-state index in [2.05, 4.69) is 89.3 Å². The van der Waals surface area contributed by atoms with Crippen LogP contribution in [0.25, 0.3) is 55.6 Å². The third-order valence-electron chi connectivity index (χ3n) is 5.67. The fourth-order valence-electron chi connectivity index (χ4n) is 4.26. The lowest BCUT2D eigenvalue weighted by molar-refractivity contribution is 0.669. The van der Waals surface area contributed by atoms with Crippen LogP contribution in [0.15, 0.2) is 108 Å². The molecule has 152 valence electrons. The van der Waals surface area contributed by atoms with Crippen LogP contribution >= 0.6 is 22.6 Å². The van der Waals surface area contributed by atoms with Gasteiger partial charge >= 0.3 is 0 Å². The molecule has 2 aromatic heterocycles. The lowest BCUT2D eigenvalue weighted by Crippen LogP contribution is -1.96. The predicted octanol–water partition coefficient (Wildman–Crippen LogP) is 7.98. The lowest BCUT2D eigenvalue weighted by Gasteiger charge is -2.11. The fourth-order valence-corrected chi connectivity index (χ4v) is 4.78. The summed E-state index contributed by atoms with van der Waals surface area (Å²) in [5.41, 5.74) is 8.00. The predicted molar refractivity (Wildman–Crippen MR) is 138 cm³/mol. The molecule has 3 nitrogen and oxygen atoms in total. The van der Waals surface area contributed by atoms with Gasteiger partial charge in [-0.25, -0.2) is 9.97 Å². The van der Waals surface area contributed by atoms with Crippen molar-refractivity contribution < 1.29 is 4.42 Å². The van der Waals surface area contributed by atoms with Crippen molar-refractivity contribution in [1.82, 2.24) is 9.97 Å². The Labute approximate surface area is 198 Å². The van der Waals surface area contributed by atoms with Crippen molar-refractivity contribution in [2.45, 2.75) is 0 Å². The molecule has 0 aliphatic heterocycles. The van der Waals surface area contributed by atoms with Gasteiger partial charge in [0.2, 0.25) is 0 Å². The molecule has 0 aliphatic rings. The molecule has 0 bridgehead atoms. The van der Waals surface area contributed by atoms with Crippen molar-refractivity contribution in [1.29, 1.82) is 0 Å². The van der Waals surface area contributed by atoms with Crippen molar-refractivity contribution >= 4 is 44.5 Å². The minimum atomic E-state index is 0.711. The van der Waals surface area contributed by atoms with Crippen molar-refractivity contribution in [2.75, 3.05) is 0 Å². The minimum Gasteiger partial charge on any atom is -0.456 e. The first-order valence-electron chi connectivity index (χ1n) is 10.4. The number of benzene rings is 4. The molecule has 0 radical (unpaired) electrons. The maximum atomic E-state index is 6.09. The summed E-state index contributed by atoms with van der Waals surface area (Å²) in [7, 11) is 0. The van der Waals surface area contributed by atoms with Crippen LogP contribution in [0.3, 0.4) is 0 Å². The molecule has 32 heavy (non-hydrogen) atoms. The minimum absolute atomic E-state index is 0.711. The molecule has 6 rings (SSSR count). The molecular formula is C28H17IN2O.